The van der Waals surface area contributed by atoms with Crippen molar-refractivity contribution in [3.05, 3.63) is 23.0 Å². The van der Waals surface area contributed by atoms with Crippen molar-refractivity contribution < 1.29 is 17.9 Å². The van der Waals surface area contributed by atoms with E-state index >= 15 is 0 Å². The monoisotopic (exact) mass is 338 g/mol. The molecule has 0 spiro atoms. The molecule has 5 nitrogen and oxygen atoms in total. The normalized spacial score (nSPS) is 15.2. The van der Waals surface area contributed by atoms with Gasteiger partial charge in [-0.25, -0.2) is 17.5 Å². The van der Waals surface area contributed by atoms with Crippen molar-refractivity contribution in [2.75, 3.05) is 12.3 Å². The van der Waals surface area contributed by atoms with E-state index in [-0.39, 0.29) is 23.2 Å². The number of benzene rings is 1. The Morgan fingerprint density at radius 3 is 2.57 bits per heavy atom. The average molecular weight is 339 g/mol. The van der Waals surface area contributed by atoms with Crippen LogP contribution >= 0.6 is 11.6 Å². The number of aliphatic hydroxyl groups is 1. The number of rotatable bonds is 6. The van der Waals surface area contributed by atoms with Crippen LogP contribution in [0.4, 0.5) is 10.1 Å². The topological polar surface area (TPSA) is 92.4 Å². The molecule has 120 valence electrons. The first kappa shape index (κ1) is 18.2. The molecule has 0 bridgehead atoms. The van der Waals surface area contributed by atoms with E-state index in [0.29, 0.717) is 6.42 Å². The first-order valence-corrected chi connectivity index (χ1v) is 8.27. The highest BCUT2D eigenvalue weighted by Crippen LogP contribution is 2.26. The molecule has 1 aromatic carbocycles. The van der Waals surface area contributed by atoms with Gasteiger partial charge >= 0.3 is 0 Å². The second-order valence-corrected chi connectivity index (χ2v) is 7.88. The first-order chi connectivity index (χ1) is 9.44. The molecule has 0 radical (unpaired) electrons. The Morgan fingerprint density at radius 1 is 1.48 bits per heavy atom. The third kappa shape index (κ3) is 5.10. The number of sulfonamides is 1. The van der Waals surface area contributed by atoms with E-state index in [4.69, 9.17) is 17.3 Å². The van der Waals surface area contributed by atoms with E-state index in [1.54, 1.807) is 0 Å². The summed E-state index contributed by atoms with van der Waals surface area (Å²) < 4.78 is 40.2. The van der Waals surface area contributed by atoms with Crippen LogP contribution in [0.25, 0.3) is 0 Å². The molecule has 1 atom stereocenters. The number of halogens is 2. The molecule has 0 fully saturated rings. The fourth-order valence-corrected chi connectivity index (χ4v) is 3.64. The minimum atomic E-state index is -4.15. The molecule has 1 rings (SSSR count). The summed E-state index contributed by atoms with van der Waals surface area (Å²) in [7, 11) is -4.15. The van der Waals surface area contributed by atoms with Crippen LogP contribution in [-0.2, 0) is 10.0 Å². The van der Waals surface area contributed by atoms with E-state index in [0.717, 1.165) is 12.1 Å². The zero-order valence-electron chi connectivity index (χ0n) is 12.2. The van der Waals surface area contributed by atoms with Gasteiger partial charge in [0.15, 0.2) is 5.82 Å². The van der Waals surface area contributed by atoms with Gasteiger partial charge in [-0.15, -0.1) is 0 Å². The summed E-state index contributed by atoms with van der Waals surface area (Å²) in [6.45, 7) is 5.08. The zero-order chi connectivity index (χ0) is 16.4. The Kier molecular flexibility index (Phi) is 5.60. The van der Waals surface area contributed by atoms with E-state index < -0.39 is 26.3 Å². The second kappa shape index (κ2) is 6.48. The Bertz CT molecular complexity index is 618. The molecule has 1 aromatic rings. The highest BCUT2D eigenvalue weighted by molar-refractivity contribution is 7.89. The highest BCUT2D eigenvalue weighted by atomic mass is 35.5. The lowest BCUT2D eigenvalue weighted by molar-refractivity contribution is 0.0436. The molecule has 0 aliphatic carbocycles. The van der Waals surface area contributed by atoms with Crippen LogP contribution in [0.1, 0.15) is 27.2 Å². The SMILES string of the molecule is CC(C)CC(C)(O)CNS(=O)(=O)c1cc(N)cc(Cl)c1F. The summed E-state index contributed by atoms with van der Waals surface area (Å²) in [6, 6.07) is 2.12. The lowest BCUT2D eigenvalue weighted by Crippen LogP contribution is -2.41. The molecule has 0 aliphatic rings. The molecular weight excluding hydrogens is 319 g/mol. The predicted molar refractivity (Wildman–Crippen MR) is 81.1 cm³/mol. The fourth-order valence-electron chi connectivity index (χ4n) is 2.06. The van der Waals surface area contributed by atoms with Gasteiger partial charge in [0.1, 0.15) is 4.90 Å². The van der Waals surface area contributed by atoms with Gasteiger partial charge in [-0.1, -0.05) is 25.4 Å². The third-order valence-electron chi connectivity index (χ3n) is 2.80. The molecule has 0 saturated carbocycles. The summed E-state index contributed by atoms with van der Waals surface area (Å²) in [4.78, 5) is -0.632. The third-order valence-corrected chi connectivity index (χ3v) is 4.47. The zero-order valence-corrected chi connectivity index (χ0v) is 13.7. The predicted octanol–water partition coefficient (Wildman–Crippen LogP) is 2.14. The maximum atomic E-state index is 13.8. The molecular formula is C13H20ClFN2O3S. The molecule has 4 N–H and O–H groups in total. The number of anilines is 1. The second-order valence-electron chi connectivity index (χ2n) is 5.73. The van der Waals surface area contributed by atoms with Crippen molar-refractivity contribution in [3.8, 4) is 0 Å². The van der Waals surface area contributed by atoms with Crippen LogP contribution < -0.4 is 10.5 Å². The van der Waals surface area contributed by atoms with Crippen LogP contribution in [0.5, 0.6) is 0 Å². The largest absolute Gasteiger partial charge is 0.399 e. The van der Waals surface area contributed by atoms with E-state index in [1.165, 1.54) is 6.92 Å². The summed E-state index contributed by atoms with van der Waals surface area (Å²) in [5.74, 6) is -0.884. The first-order valence-electron chi connectivity index (χ1n) is 6.41. The van der Waals surface area contributed by atoms with E-state index in [1.807, 2.05) is 13.8 Å². The summed E-state index contributed by atoms with van der Waals surface area (Å²) >= 11 is 5.59. The number of nitrogens with two attached hydrogens (primary N) is 1. The van der Waals surface area contributed by atoms with Gasteiger partial charge in [-0.2, -0.15) is 0 Å². The molecule has 0 saturated heterocycles. The molecule has 0 aromatic heterocycles. The van der Waals surface area contributed by atoms with Crippen LogP contribution in [-0.4, -0.2) is 25.7 Å². The van der Waals surface area contributed by atoms with Crippen LogP contribution in [0.3, 0.4) is 0 Å². The quantitative estimate of drug-likeness (QED) is 0.693. The fraction of sp³-hybridized carbons (Fsp3) is 0.538. The molecule has 21 heavy (non-hydrogen) atoms. The summed E-state index contributed by atoms with van der Waals surface area (Å²) in [5, 5.41) is 9.73. The minimum absolute atomic E-state index is 0.0377. The van der Waals surface area contributed by atoms with Crippen molar-refractivity contribution in [1.29, 1.82) is 0 Å². The number of nitrogens with one attached hydrogen (secondary N) is 1. The Balaban J connectivity index is 2.98. The van der Waals surface area contributed by atoms with Crippen LogP contribution in [0.15, 0.2) is 17.0 Å². The average Bonchev–Trinajstić information content (AvgIpc) is 2.30. The van der Waals surface area contributed by atoms with Gasteiger partial charge in [0.2, 0.25) is 10.0 Å². The lowest BCUT2D eigenvalue weighted by atomic mass is 9.95. The summed E-state index contributed by atoms with van der Waals surface area (Å²) in [5.41, 5.74) is 4.28. The summed E-state index contributed by atoms with van der Waals surface area (Å²) in [6.07, 6.45) is 0.398. The van der Waals surface area contributed by atoms with Crippen molar-refractivity contribution >= 4 is 27.3 Å². The van der Waals surface area contributed by atoms with Gasteiger partial charge in [0.05, 0.1) is 10.6 Å². The highest BCUT2D eigenvalue weighted by Gasteiger charge is 2.27. The van der Waals surface area contributed by atoms with Gasteiger partial charge in [-0.05, 0) is 31.4 Å². The van der Waals surface area contributed by atoms with Crippen molar-refractivity contribution in [2.45, 2.75) is 37.7 Å². The maximum Gasteiger partial charge on any atom is 0.243 e. The standard InChI is InChI=1S/C13H20ClFN2O3S/c1-8(2)6-13(3,18)7-17-21(19,20)11-5-9(16)4-10(14)12(11)15/h4-5,8,17-18H,6-7,16H2,1-3H3. The molecule has 1 unspecified atom stereocenters. The maximum absolute atomic E-state index is 13.8. The van der Waals surface area contributed by atoms with Crippen LogP contribution in [0, 0.1) is 11.7 Å². The Morgan fingerprint density at radius 2 is 2.05 bits per heavy atom. The van der Waals surface area contributed by atoms with E-state index in [9.17, 15) is 17.9 Å². The molecule has 8 heteroatoms. The molecule has 0 heterocycles. The Labute approximate surface area is 129 Å². The number of hydrogen-bond donors (Lipinski definition) is 3. The van der Waals surface area contributed by atoms with Crippen molar-refractivity contribution in [1.82, 2.24) is 4.72 Å². The number of nitrogen functional groups attached to an aromatic ring is 1. The van der Waals surface area contributed by atoms with Gasteiger partial charge in [0, 0.05) is 12.2 Å². The smallest absolute Gasteiger partial charge is 0.243 e. The minimum Gasteiger partial charge on any atom is -0.399 e. The van der Waals surface area contributed by atoms with Crippen molar-refractivity contribution in [3.63, 3.8) is 0 Å². The van der Waals surface area contributed by atoms with Gasteiger partial charge < -0.3 is 10.8 Å². The van der Waals surface area contributed by atoms with E-state index in [2.05, 4.69) is 4.72 Å². The van der Waals surface area contributed by atoms with Gasteiger partial charge in [-0.3, -0.25) is 0 Å². The van der Waals surface area contributed by atoms with Gasteiger partial charge in [0.25, 0.3) is 0 Å². The number of hydrogen-bond acceptors (Lipinski definition) is 4. The molecule has 0 amide bonds. The van der Waals surface area contributed by atoms with Crippen LogP contribution in [0.2, 0.25) is 5.02 Å². The molecule has 0 aliphatic heterocycles. The Hall–Kier alpha value is -0.890. The lowest BCUT2D eigenvalue weighted by Gasteiger charge is -2.25. The van der Waals surface area contributed by atoms with Crippen molar-refractivity contribution in [2.24, 2.45) is 5.92 Å².